The summed E-state index contributed by atoms with van der Waals surface area (Å²) in [6, 6.07) is 0. The van der Waals surface area contributed by atoms with E-state index in [0.29, 0.717) is 5.82 Å². The molecule has 0 saturated carbocycles. The number of aliphatic hydroxyl groups excluding tert-OH is 3. The predicted octanol–water partition coefficient (Wildman–Crippen LogP) is -1.22. The number of fused-ring (bicyclic) bond motifs is 1. The van der Waals surface area contributed by atoms with Crippen molar-refractivity contribution in [1.29, 1.82) is 0 Å². The van der Waals surface area contributed by atoms with Gasteiger partial charge in [0, 0.05) is 12.6 Å². The first kappa shape index (κ1) is 12.4. The molecule has 4 atom stereocenters. The minimum atomic E-state index is -1.22. The van der Waals surface area contributed by atoms with E-state index in [-0.39, 0.29) is 17.9 Å². The molecule has 8 heteroatoms. The molecule has 0 aromatic carbocycles. The van der Waals surface area contributed by atoms with Crippen LogP contribution in [0.1, 0.15) is 23.1 Å². The number of carbonyl (C=O) groups excluding carboxylic acids is 1. The van der Waals surface area contributed by atoms with Gasteiger partial charge in [0.1, 0.15) is 18.3 Å². The molecule has 1 fully saturated rings. The molecule has 2 aliphatic rings. The summed E-state index contributed by atoms with van der Waals surface area (Å²) in [6.07, 6.45) is -1.22. The van der Waals surface area contributed by atoms with E-state index in [1.165, 1.54) is 17.1 Å². The summed E-state index contributed by atoms with van der Waals surface area (Å²) in [5.74, 6) is 0.140. The zero-order chi connectivity index (χ0) is 13.6. The smallest absolute Gasteiger partial charge is 0.190 e. The topological polar surface area (TPSA) is 117 Å². The van der Waals surface area contributed by atoms with Crippen LogP contribution in [0.15, 0.2) is 11.3 Å². The number of rotatable bonds is 2. The molecule has 8 nitrogen and oxygen atoms in total. The Morgan fingerprint density at radius 1 is 1.42 bits per heavy atom. The van der Waals surface area contributed by atoms with E-state index < -0.39 is 31.1 Å². The van der Waals surface area contributed by atoms with Crippen molar-refractivity contribution in [2.75, 3.05) is 6.61 Å². The van der Waals surface area contributed by atoms with Crippen molar-refractivity contribution in [3.63, 3.8) is 0 Å². The quantitative estimate of drug-likeness (QED) is 0.618. The number of aromatic nitrogens is 2. The average molecular weight is 267 g/mol. The Morgan fingerprint density at radius 3 is 2.89 bits per heavy atom. The fourth-order valence-corrected chi connectivity index (χ4v) is 2.29. The lowest BCUT2D eigenvalue weighted by molar-refractivity contribution is -0.0519. The molecule has 3 rings (SSSR count). The standard InChI is InChI=1S/C11H13N3O5/c15-3-6-8(17)9(18)11(19-6)14-4-13-7-5(16)1-2-12-10(7)14/h2,4,6,8-9,11,15,17-18H,1,3H2. The van der Waals surface area contributed by atoms with E-state index in [2.05, 4.69) is 9.98 Å². The molecule has 1 aromatic heterocycles. The van der Waals surface area contributed by atoms with Gasteiger partial charge in [-0.25, -0.2) is 9.98 Å². The molecule has 1 aromatic rings. The lowest BCUT2D eigenvalue weighted by atomic mass is 10.1. The Morgan fingerprint density at radius 2 is 2.21 bits per heavy atom. The van der Waals surface area contributed by atoms with Gasteiger partial charge in [0.05, 0.1) is 12.9 Å². The zero-order valence-electron chi connectivity index (χ0n) is 9.88. The van der Waals surface area contributed by atoms with Crippen LogP contribution in [0.5, 0.6) is 0 Å². The number of carbonyl (C=O) groups is 1. The minimum absolute atomic E-state index is 0.157. The van der Waals surface area contributed by atoms with Crippen molar-refractivity contribution in [1.82, 2.24) is 9.55 Å². The van der Waals surface area contributed by atoms with Crippen molar-refractivity contribution in [3.05, 3.63) is 12.0 Å². The largest absolute Gasteiger partial charge is 0.394 e. The number of ketones is 1. The second-order valence-corrected chi connectivity index (χ2v) is 4.49. The third-order valence-corrected chi connectivity index (χ3v) is 3.31. The second-order valence-electron chi connectivity index (χ2n) is 4.49. The summed E-state index contributed by atoms with van der Waals surface area (Å²) < 4.78 is 6.76. The number of hydrogen-bond donors (Lipinski definition) is 3. The third kappa shape index (κ3) is 1.80. The summed E-state index contributed by atoms with van der Waals surface area (Å²) in [6.45, 7) is -0.409. The maximum Gasteiger partial charge on any atom is 0.190 e. The maximum absolute atomic E-state index is 11.6. The van der Waals surface area contributed by atoms with Gasteiger partial charge in [-0.05, 0) is 0 Å². The van der Waals surface area contributed by atoms with Gasteiger partial charge in [0.25, 0.3) is 0 Å². The summed E-state index contributed by atoms with van der Waals surface area (Å²) >= 11 is 0. The van der Waals surface area contributed by atoms with E-state index in [9.17, 15) is 15.0 Å². The normalized spacial score (nSPS) is 33.7. The second kappa shape index (κ2) is 4.49. The Bertz CT molecular complexity index is 540. The van der Waals surface area contributed by atoms with Crippen LogP contribution in [0.4, 0.5) is 5.82 Å². The van der Waals surface area contributed by atoms with Gasteiger partial charge >= 0.3 is 0 Å². The van der Waals surface area contributed by atoms with Crippen molar-refractivity contribution >= 4 is 17.8 Å². The number of Topliss-reactive ketones (excluding diaryl/α,β-unsaturated/α-hetero) is 1. The predicted molar refractivity (Wildman–Crippen MR) is 62.3 cm³/mol. The van der Waals surface area contributed by atoms with E-state index in [4.69, 9.17) is 9.84 Å². The monoisotopic (exact) mass is 267 g/mol. The van der Waals surface area contributed by atoms with Crippen LogP contribution in [0, 0.1) is 0 Å². The van der Waals surface area contributed by atoms with Crippen LogP contribution in [-0.2, 0) is 4.74 Å². The first-order chi connectivity index (χ1) is 9.13. The number of hydrogen-bond acceptors (Lipinski definition) is 7. The number of ether oxygens (including phenoxy) is 1. The highest BCUT2D eigenvalue weighted by atomic mass is 16.6. The molecule has 4 unspecified atom stereocenters. The Balaban J connectivity index is 1.97. The molecular formula is C11H13N3O5. The van der Waals surface area contributed by atoms with Crippen molar-refractivity contribution in [3.8, 4) is 0 Å². The fourth-order valence-electron chi connectivity index (χ4n) is 2.29. The molecule has 2 aliphatic heterocycles. The van der Waals surface area contributed by atoms with Gasteiger partial charge < -0.3 is 20.1 Å². The number of aliphatic hydroxyl groups is 3. The highest BCUT2D eigenvalue weighted by Gasteiger charge is 2.44. The molecule has 0 aliphatic carbocycles. The van der Waals surface area contributed by atoms with Crippen LogP contribution in [0.2, 0.25) is 0 Å². The van der Waals surface area contributed by atoms with Crippen LogP contribution < -0.4 is 0 Å². The van der Waals surface area contributed by atoms with Crippen LogP contribution in [0.3, 0.4) is 0 Å². The van der Waals surface area contributed by atoms with E-state index in [1.54, 1.807) is 0 Å². The summed E-state index contributed by atoms with van der Waals surface area (Å²) in [4.78, 5) is 19.7. The summed E-state index contributed by atoms with van der Waals surface area (Å²) in [5, 5.41) is 28.7. The Kier molecular flexibility index (Phi) is 2.94. The third-order valence-electron chi connectivity index (χ3n) is 3.31. The fraction of sp³-hybridized carbons (Fsp3) is 0.545. The van der Waals surface area contributed by atoms with Gasteiger partial charge in [-0.2, -0.15) is 0 Å². The average Bonchev–Trinajstić information content (AvgIpc) is 2.94. The molecule has 0 amide bonds. The number of imidazole rings is 1. The Hall–Kier alpha value is -1.61. The van der Waals surface area contributed by atoms with E-state index in [0.717, 1.165) is 0 Å². The molecule has 0 spiro atoms. The molecule has 0 bridgehead atoms. The van der Waals surface area contributed by atoms with Crippen molar-refractivity contribution in [2.45, 2.75) is 31.0 Å². The number of nitrogens with zero attached hydrogens (tertiary/aromatic N) is 3. The first-order valence-corrected chi connectivity index (χ1v) is 5.88. The highest BCUT2D eigenvalue weighted by molar-refractivity contribution is 6.08. The molecule has 19 heavy (non-hydrogen) atoms. The van der Waals surface area contributed by atoms with Crippen LogP contribution in [0.25, 0.3) is 0 Å². The van der Waals surface area contributed by atoms with Crippen molar-refractivity contribution < 1.29 is 24.9 Å². The molecular weight excluding hydrogens is 254 g/mol. The highest BCUT2D eigenvalue weighted by Crippen LogP contribution is 2.34. The number of aliphatic imine (C=N–C) groups is 1. The summed E-state index contributed by atoms with van der Waals surface area (Å²) in [7, 11) is 0. The molecule has 102 valence electrons. The van der Waals surface area contributed by atoms with Gasteiger partial charge in [-0.3, -0.25) is 9.36 Å². The summed E-state index contributed by atoms with van der Waals surface area (Å²) in [5.41, 5.74) is 0.222. The first-order valence-electron chi connectivity index (χ1n) is 5.88. The van der Waals surface area contributed by atoms with Gasteiger partial charge in [0.2, 0.25) is 0 Å². The molecule has 3 N–H and O–H groups in total. The molecule has 3 heterocycles. The van der Waals surface area contributed by atoms with Gasteiger partial charge in [-0.1, -0.05) is 0 Å². The van der Waals surface area contributed by atoms with Crippen molar-refractivity contribution in [2.24, 2.45) is 4.99 Å². The van der Waals surface area contributed by atoms with E-state index in [1.807, 2.05) is 0 Å². The SMILES string of the molecule is O=C1CC=Nc2c1ncn2C1OC(CO)C(O)C1O. The molecule has 1 saturated heterocycles. The van der Waals surface area contributed by atoms with Crippen LogP contribution >= 0.6 is 0 Å². The van der Waals surface area contributed by atoms with Gasteiger partial charge in [0.15, 0.2) is 23.5 Å². The lowest BCUT2D eigenvalue weighted by Gasteiger charge is -2.18. The zero-order valence-corrected chi connectivity index (χ0v) is 9.88. The molecule has 0 radical (unpaired) electrons. The van der Waals surface area contributed by atoms with Crippen LogP contribution in [-0.4, -0.2) is 61.8 Å². The maximum atomic E-state index is 11.6. The van der Waals surface area contributed by atoms with E-state index >= 15 is 0 Å². The minimum Gasteiger partial charge on any atom is -0.394 e. The Labute approximate surface area is 108 Å². The van der Waals surface area contributed by atoms with Gasteiger partial charge in [-0.15, -0.1) is 0 Å². The lowest BCUT2D eigenvalue weighted by Crippen LogP contribution is -2.33.